The summed E-state index contributed by atoms with van der Waals surface area (Å²) in [5, 5.41) is 24.6. The number of aryl methyl sites for hydroxylation is 1. The van der Waals surface area contributed by atoms with E-state index in [4.69, 9.17) is 0 Å². The summed E-state index contributed by atoms with van der Waals surface area (Å²) in [5.41, 5.74) is 0. The van der Waals surface area contributed by atoms with Gasteiger partial charge in [-0.2, -0.15) is 5.10 Å². The summed E-state index contributed by atoms with van der Waals surface area (Å²) in [6.45, 7) is 3.30. The fraction of sp³-hybridized carbons (Fsp3) is 0.400. The molecule has 4 heterocycles. The maximum absolute atomic E-state index is 12.5. The van der Waals surface area contributed by atoms with Crippen molar-refractivity contribution >= 4 is 28.2 Å². The van der Waals surface area contributed by atoms with E-state index in [1.165, 1.54) is 17.7 Å². The molecule has 11 heteroatoms. The lowest BCUT2D eigenvalue weighted by molar-refractivity contribution is -0.120. The first-order valence-electron chi connectivity index (χ1n) is 8.24. The number of carbonyl (C=O) groups is 1. The standard InChI is InChI=1S/C15H17N9OS/c1-10-19-22-15(26-10)18-14(25)11-3-2-6-23(7-11)12-4-5-13(21-20-12)24-9-16-8-17-24/h4-5,8-9,11H,2-3,6-7H2,1H3,(H,18,22,25). The Morgan fingerprint density at radius 3 is 2.77 bits per heavy atom. The monoisotopic (exact) mass is 371 g/mol. The van der Waals surface area contributed by atoms with Gasteiger partial charge >= 0.3 is 0 Å². The van der Waals surface area contributed by atoms with Crippen molar-refractivity contribution < 1.29 is 4.79 Å². The van der Waals surface area contributed by atoms with Gasteiger partial charge < -0.3 is 10.2 Å². The van der Waals surface area contributed by atoms with Gasteiger partial charge in [0.05, 0.1) is 5.92 Å². The number of anilines is 2. The molecule has 3 aromatic heterocycles. The third-order valence-corrected chi connectivity index (χ3v) is 4.92. The van der Waals surface area contributed by atoms with E-state index in [9.17, 15) is 4.79 Å². The van der Waals surface area contributed by atoms with Crippen LogP contribution in [0.3, 0.4) is 0 Å². The quantitative estimate of drug-likeness (QED) is 0.724. The molecule has 0 radical (unpaired) electrons. The number of rotatable bonds is 4. The number of amides is 1. The summed E-state index contributed by atoms with van der Waals surface area (Å²) in [6.07, 6.45) is 4.77. The largest absolute Gasteiger partial charge is 0.354 e. The van der Waals surface area contributed by atoms with Gasteiger partial charge in [-0.1, -0.05) is 11.3 Å². The van der Waals surface area contributed by atoms with E-state index in [1.807, 2.05) is 19.1 Å². The van der Waals surface area contributed by atoms with E-state index in [0.717, 1.165) is 30.2 Å². The van der Waals surface area contributed by atoms with Crippen LogP contribution in [0.4, 0.5) is 10.9 Å². The van der Waals surface area contributed by atoms with E-state index in [-0.39, 0.29) is 11.8 Å². The first kappa shape index (κ1) is 16.5. The highest BCUT2D eigenvalue weighted by Gasteiger charge is 2.27. The van der Waals surface area contributed by atoms with Crippen LogP contribution >= 0.6 is 11.3 Å². The van der Waals surface area contributed by atoms with Crippen molar-refractivity contribution in [2.75, 3.05) is 23.3 Å². The lowest BCUT2D eigenvalue weighted by atomic mass is 9.97. The Morgan fingerprint density at radius 1 is 1.23 bits per heavy atom. The normalized spacial score (nSPS) is 17.3. The number of hydrogen-bond acceptors (Lipinski definition) is 9. The van der Waals surface area contributed by atoms with Crippen LogP contribution in [0.1, 0.15) is 17.8 Å². The van der Waals surface area contributed by atoms with Gasteiger partial charge in [-0.25, -0.2) is 9.67 Å². The van der Waals surface area contributed by atoms with Gasteiger partial charge in [0.2, 0.25) is 11.0 Å². The molecule has 3 aromatic rings. The molecule has 1 fully saturated rings. The minimum Gasteiger partial charge on any atom is -0.354 e. The molecule has 1 amide bonds. The summed E-state index contributed by atoms with van der Waals surface area (Å²) >= 11 is 1.37. The van der Waals surface area contributed by atoms with E-state index in [2.05, 4.69) is 40.7 Å². The molecule has 1 saturated heterocycles. The molecule has 1 atom stereocenters. The van der Waals surface area contributed by atoms with Crippen molar-refractivity contribution in [1.29, 1.82) is 0 Å². The van der Waals surface area contributed by atoms with Crippen LogP contribution in [-0.4, -0.2) is 54.2 Å². The van der Waals surface area contributed by atoms with E-state index >= 15 is 0 Å². The Balaban J connectivity index is 1.42. The summed E-state index contributed by atoms with van der Waals surface area (Å²) < 4.78 is 1.55. The first-order chi connectivity index (χ1) is 12.7. The van der Waals surface area contributed by atoms with Crippen molar-refractivity contribution in [2.24, 2.45) is 5.92 Å². The van der Waals surface area contributed by atoms with Crippen LogP contribution in [0.5, 0.6) is 0 Å². The zero-order chi connectivity index (χ0) is 17.9. The Bertz CT molecular complexity index is 877. The molecule has 1 N–H and O–H groups in total. The second-order valence-electron chi connectivity index (χ2n) is 5.99. The number of carbonyl (C=O) groups excluding carboxylic acids is 1. The van der Waals surface area contributed by atoms with E-state index < -0.39 is 0 Å². The molecule has 1 aliphatic rings. The molecule has 134 valence electrons. The van der Waals surface area contributed by atoms with E-state index in [0.29, 0.717) is 17.5 Å². The van der Waals surface area contributed by atoms with Crippen LogP contribution in [0.2, 0.25) is 0 Å². The van der Waals surface area contributed by atoms with Crippen LogP contribution in [0, 0.1) is 12.8 Å². The predicted octanol–water partition coefficient (Wildman–Crippen LogP) is 1.07. The second kappa shape index (κ2) is 7.12. The fourth-order valence-electron chi connectivity index (χ4n) is 2.89. The molecule has 1 unspecified atom stereocenters. The average molecular weight is 371 g/mol. The highest BCUT2D eigenvalue weighted by molar-refractivity contribution is 7.15. The Labute approximate surface area is 153 Å². The van der Waals surface area contributed by atoms with Crippen molar-refractivity contribution in [1.82, 2.24) is 35.2 Å². The van der Waals surface area contributed by atoms with Gasteiger partial charge in [-0.05, 0) is 31.9 Å². The molecule has 4 rings (SSSR count). The van der Waals surface area contributed by atoms with Gasteiger partial charge in [0.25, 0.3) is 0 Å². The van der Waals surface area contributed by atoms with Crippen molar-refractivity contribution in [3.63, 3.8) is 0 Å². The van der Waals surface area contributed by atoms with Gasteiger partial charge in [0.1, 0.15) is 17.7 Å². The fourth-order valence-corrected chi connectivity index (χ4v) is 3.48. The summed E-state index contributed by atoms with van der Waals surface area (Å²) in [4.78, 5) is 18.5. The Morgan fingerprint density at radius 2 is 2.08 bits per heavy atom. The number of piperidine rings is 1. The summed E-state index contributed by atoms with van der Waals surface area (Å²) in [6, 6.07) is 3.73. The molecule has 0 bridgehead atoms. The Hall–Kier alpha value is -2.95. The highest BCUT2D eigenvalue weighted by Crippen LogP contribution is 2.23. The van der Waals surface area contributed by atoms with Gasteiger partial charge in [0.15, 0.2) is 11.6 Å². The molecule has 26 heavy (non-hydrogen) atoms. The summed E-state index contributed by atoms with van der Waals surface area (Å²) in [7, 11) is 0. The number of aromatic nitrogens is 7. The number of nitrogens with zero attached hydrogens (tertiary/aromatic N) is 8. The SMILES string of the molecule is Cc1nnc(NC(=O)C2CCCN(c3ccc(-n4cncn4)nn3)C2)s1. The van der Waals surface area contributed by atoms with E-state index in [1.54, 1.807) is 11.0 Å². The zero-order valence-electron chi connectivity index (χ0n) is 14.1. The van der Waals surface area contributed by atoms with Crippen molar-refractivity contribution in [3.05, 3.63) is 29.8 Å². The van der Waals surface area contributed by atoms with Crippen LogP contribution < -0.4 is 10.2 Å². The average Bonchev–Trinajstić information content (AvgIpc) is 3.34. The molecular weight excluding hydrogens is 354 g/mol. The molecule has 10 nitrogen and oxygen atoms in total. The topological polar surface area (TPSA) is 115 Å². The smallest absolute Gasteiger partial charge is 0.231 e. The Kier molecular flexibility index (Phi) is 4.52. The molecule has 1 aliphatic heterocycles. The van der Waals surface area contributed by atoms with Gasteiger partial charge in [-0.3, -0.25) is 4.79 Å². The predicted molar refractivity (Wildman–Crippen MR) is 95.2 cm³/mol. The molecule has 0 saturated carbocycles. The number of nitrogens with one attached hydrogen (secondary N) is 1. The van der Waals surface area contributed by atoms with Crippen molar-refractivity contribution in [2.45, 2.75) is 19.8 Å². The molecule has 0 aliphatic carbocycles. The van der Waals surface area contributed by atoms with Crippen LogP contribution in [-0.2, 0) is 4.79 Å². The van der Waals surface area contributed by atoms with Gasteiger partial charge in [0, 0.05) is 13.1 Å². The third kappa shape index (κ3) is 3.52. The second-order valence-corrected chi connectivity index (χ2v) is 7.17. The maximum Gasteiger partial charge on any atom is 0.231 e. The minimum atomic E-state index is -0.121. The van der Waals surface area contributed by atoms with Crippen LogP contribution in [0.25, 0.3) is 5.82 Å². The third-order valence-electron chi connectivity index (χ3n) is 4.16. The minimum absolute atomic E-state index is 0.0296. The number of hydrogen-bond donors (Lipinski definition) is 1. The highest BCUT2D eigenvalue weighted by atomic mass is 32.1. The van der Waals surface area contributed by atoms with Crippen molar-refractivity contribution in [3.8, 4) is 5.82 Å². The lowest BCUT2D eigenvalue weighted by Crippen LogP contribution is -2.41. The zero-order valence-corrected chi connectivity index (χ0v) is 14.9. The van der Waals surface area contributed by atoms with Crippen LogP contribution in [0.15, 0.2) is 24.8 Å². The van der Waals surface area contributed by atoms with Gasteiger partial charge in [-0.15, -0.1) is 20.4 Å². The summed E-state index contributed by atoms with van der Waals surface area (Å²) in [5.74, 6) is 1.20. The molecule has 0 aromatic carbocycles. The lowest BCUT2D eigenvalue weighted by Gasteiger charge is -2.32. The molecule has 0 spiro atoms. The molecular formula is C15H17N9OS. The first-order valence-corrected chi connectivity index (χ1v) is 9.05. The maximum atomic E-state index is 12.5.